The van der Waals surface area contributed by atoms with Crippen LogP contribution in [0, 0.1) is 26.2 Å². The number of benzene rings is 4. The fourth-order valence-corrected chi connectivity index (χ4v) is 5.05. The summed E-state index contributed by atoms with van der Waals surface area (Å²) in [7, 11) is 2.00. The fraction of sp³-hybridized carbons (Fsp3) is 0.281. The Hall–Kier alpha value is -3.59. The van der Waals surface area contributed by atoms with Crippen molar-refractivity contribution >= 4 is 22.4 Å². The third-order valence-corrected chi connectivity index (χ3v) is 7.03. The number of nitrogens with zero attached hydrogens (tertiary/aromatic N) is 2. The lowest BCUT2D eigenvalue weighted by Gasteiger charge is -2.44. The van der Waals surface area contributed by atoms with Crippen LogP contribution in [0.4, 0.5) is 5.69 Å². The molecular formula is C32H37N3. The predicted molar refractivity (Wildman–Crippen MR) is 151 cm³/mol. The van der Waals surface area contributed by atoms with Crippen molar-refractivity contribution in [2.24, 2.45) is 0 Å². The fourth-order valence-electron chi connectivity index (χ4n) is 5.05. The highest BCUT2D eigenvalue weighted by Gasteiger charge is 2.32. The summed E-state index contributed by atoms with van der Waals surface area (Å²) in [6, 6.07) is 30.4. The molecule has 0 saturated carbocycles. The minimum Gasteiger partial charge on any atom is -0.333 e. The van der Waals surface area contributed by atoms with Crippen LogP contribution >= 0.6 is 0 Å². The summed E-state index contributed by atoms with van der Waals surface area (Å²) >= 11 is 0. The largest absolute Gasteiger partial charge is 0.333 e. The van der Waals surface area contributed by atoms with E-state index in [9.17, 15) is 0 Å². The van der Waals surface area contributed by atoms with E-state index in [2.05, 4.69) is 106 Å². The van der Waals surface area contributed by atoms with Gasteiger partial charge in [0.25, 0.3) is 0 Å². The van der Waals surface area contributed by atoms with Crippen molar-refractivity contribution in [3.8, 4) is 0 Å². The van der Waals surface area contributed by atoms with Crippen LogP contribution in [-0.4, -0.2) is 23.9 Å². The zero-order valence-electron chi connectivity index (χ0n) is 21.8. The number of hydrogen-bond donors (Lipinski definition) is 1. The number of rotatable bonds is 1. The lowest BCUT2D eigenvalue weighted by Crippen LogP contribution is -2.50. The minimum atomic E-state index is 0.192. The van der Waals surface area contributed by atoms with Crippen molar-refractivity contribution in [1.82, 2.24) is 4.90 Å². The first-order valence-electron chi connectivity index (χ1n) is 12.5. The highest BCUT2D eigenvalue weighted by molar-refractivity contribution is 5.97. The first-order valence-corrected chi connectivity index (χ1v) is 12.5. The summed E-state index contributed by atoms with van der Waals surface area (Å²) in [5.74, 6) is 0.554. The SMILES string of the molecule is Cc1ccc2c(c1)CC(C)N(C(=N)N(C)c1ccc3ccc(C)cc3c1)C2C.Cc1ccccc1. The molecule has 3 heteroatoms. The second-order valence-corrected chi connectivity index (χ2v) is 9.91. The number of anilines is 1. The molecule has 3 nitrogen and oxygen atoms in total. The highest BCUT2D eigenvalue weighted by Crippen LogP contribution is 2.34. The Labute approximate surface area is 210 Å². The van der Waals surface area contributed by atoms with Gasteiger partial charge < -0.3 is 9.80 Å². The Bertz CT molecular complexity index is 1330. The third kappa shape index (κ3) is 5.40. The summed E-state index contributed by atoms with van der Waals surface area (Å²) in [5.41, 5.74) is 7.71. The molecule has 1 aliphatic heterocycles. The normalized spacial score (nSPS) is 16.8. The van der Waals surface area contributed by atoms with Crippen molar-refractivity contribution < 1.29 is 0 Å². The molecule has 0 spiro atoms. The van der Waals surface area contributed by atoms with Crippen molar-refractivity contribution in [1.29, 1.82) is 5.41 Å². The topological polar surface area (TPSA) is 30.3 Å². The van der Waals surface area contributed by atoms with Gasteiger partial charge in [0.15, 0.2) is 5.96 Å². The molecule has 0 aromatic heterocycles. The van der Waals surface area contributed by atoms with E-state index in [1.807, 2.05) is 30.1 Å². The molecule has 2 atom stereocenters. The maximum Gasteiger partial charge on any atom is 0.198 e. The number of aryl methyl sites for hydroxylation is 3. The molecular weight excluding hydrogens is 426 g/mol. The van der Waals surface area contributed by atoms with Crippen LogP contribution in [0.3, 0.4) is 0 Å². The first-order chi connectivity index (χ1) is 16.7. The van der Waals surface area contributed by atoms with Crippen LogP contribution in [-0.2, 0) is 6.42 Å². The zero-order chi connectivity index (χ0) is 25.1. The molecule has 0 amide bonds. The standard InChI is InChI=1S/C25H29N3.C7H8/c1-16-6-8-20-9-10-23(15-21(20)12-16)27(5)25(26)28-18(3)14-22-13-17(2)7-11-24(22)19(28)4;1-7-5-3-2-4-6-7/h6-13,15,18-19,26H,14H2,1-5H3;2-6H,1H3. The lowest BCUT2D eigenvalue weighted by molar-refractivity contribution is 0.238. The van der Waals surface area contributed by atoms with Crippen molar-refractivity contribution in [2.75, 3.05) is 11.9 Å². The van der Waals surface area contributed by atoms with Gasteiger partial charge in [0, 0.05) is 18.8 Å². The second-order valence-electron chi connectivity index (χ2n) is 9.91. The van der Waals surface area contributed by atoms with Crippen molar-refractivity contribution in [2.45, 2.75) is 53.1 Å². The number of fused-ring (bicyclic) bond motifs is 2. The monoisotopic (exact) mass is 463 g/mol. The number of guanidine groups is 1. The molecule has 4 aromatic carbocycles. The summed E-state index contributed by atoms with van der Waals surface area (Å²) in [5, 5.41) is 11.4. The van der Waals surface area contributed by atoms with Crippen LogP contribution in [0.1, 0.15) is 47.7 Å². The highest BCUT2D eigenvalue weighted by atomic mass is 15.4. The first kappa shape index (κ1) is 24.5. The van der Waals surface area contributed by atoms with Crippen LogP contribution in [0.15, 0.2) is 84.9 Å². The van der Waals surface area contributed by atoms with Gasteiger partial charge in [0.2, 0.25) is 0 Å². The molecule has 0 radical (unpaired) electrons. The average molecular weight is 464 g/mol. The third-order valence-electron chi connectivity index (χ3n) is 7.03. The molecule has 4 aromatic rings. The van der Waals surface area contributed by atoms with Gasteiger partial charge in [0.1, 0.15) is 0 Å². The Balaban J connectivity index is 0.000000356. The molecule has 1 heterocycles. The smallest absolute Gasteiger partial charge is 0.198 e. The van der Waals surface area contributed by atoms with Crippen LogP contribution < -0.4 is 4.90 Å². The molecule has 5 rings (SSSR count). The maximum absolute atomic E-state index is 8.97. The van der Waals surface area contributed by atoms with Gasteiger partial charge in [-0.2, -0.15) is 0 Å². The summed E-state index contributed by atoms with van der Waals surface area (Å²) < 4.78 is 0. The quantitative estimate of drug-likeness (QED) is 0.230. The van der Waals surface area contributed by atoms with Gasteiger partial charge in [-0.25, -0.2) is 0 Å². The Morgan fingerprint density at radius 3 is 2.11 bits per heavy atom. The van der Waals surface area contributed by atoms with Gasteiger partial charge in [-0.05, 0) is 75.1 Å². The van der Waals surface area contributed by atoms with E-state index in [-0.39, 0.29) is 6.04 Å². The van der Waals surface area contributed by atoms with E-state index in [1.165, 1.54) is 38.6 Å². The van der Waals surface area contributed by atoms with Crippen LogP contribution in [0.25, 0.3) is 10.8 Å². The molecule has 0 saturated heterocycles. The van der Waals surface area contributed by atoms with E-state index in [1.54, 1.807) is 0 Å². The number of nitrogens with one attached hydrogen (secondary N) is 1. The summed E-state index contributed by atoms with van der Waals surface area (Å²) in [6.07, 6.45) is 0.981. The van der Waals surface area contributed by atoms with Gasteiger partial charge >= 0.3 is 0 Å². The lowest BCUT2D eigenvalue weighted by atomic mass is 9.88. The Kier molecular flexibility index (Phi) is 7.25. The zero-order valence-corrected chi connectivity index (χ0v) is 21.8. The van der Waals surface area contributed by atoms with Crippen molar-refractivity contribution in [3.05, 3.63) is 113 Å². The maximum atomic E-state index is 8.97. The summed E-state index contributed by atoms with van der Waals surface area (Å²) in [4.78, 5) is 4.26. The Morgan fingerprint density at radius 1 is 0.771 bits per heavy atom. The van der Waals surface area contributed by atoms with E-state index in [0.717, 1.165) is 12.1 Å². The predicted octanol–water partition coefficient (Wildman–Crippen LogP) is 7.83. The van der Waals surface area contributed by atoms with Crippen molar-refractivity contribution in [3.63, 3.8) is 0 Å². The molecule has 2 unspecified atom stereocenters. The van der Waals surface area contributed by atoms with Gasteiger partial charge in [-0.3, -0.25) is 5.41 Å². The van der Waals surface area contributed by atoms with Gasteiger partial charge in [-0.15, -0.1) is 0 Å². The van der Waals surface area contributed by atoms with E-state index < -0.39 is 0 Å². The van der Waals surface area contributed by atoms with Gasteiger partial charge in [-0.1, -0.05) is 89.5 Å². The molecule has 0 fully saturated rings. The molecule has 0 aliphatic carbocycles. The van der Waals surface area contributed by atoms with E-state index in [4.69, 9.17) is 5.41 Å². The van der Waals surface area contributed by atoms with Gasteiger partial charge in [0.05, 0.1) is 6.04 Å². The second kappa shape index (κ2) is 10.4. The Morgan fingerprint density at radius 2 is 1.43 bits per heavy atom. The minimum absolute atomic E-state index is 0.192. The number of hydrogen-bond acceptors (Lipinski definition) is 1. The molecule has 1 N–H and O–H groups in total. The molecule has 35 heavy (non-hydrogen) atoms. The van der Waals surface area contributed by atoms with Crippen LogP contribution in [0.5, 0.6) is 0 Å². The van der Waals surface area contributed by atoms with Crippen LogP contribution in [0.2, 0.25) is 0 Å². The molecule has 0 bridgehead atoms. The molecule has 1 aliphatic rings. The van der Waals surface area contributed by atoms with E-state index >= 15 is 0 Å². The summed E-state index contributed by atoms with van der Waals surface area (Å²) in [6.45, 7) is 10.8. The van der Waals surface area contributed by atoms with E-state index in [0.29, 0.717) is 12.0 Å². The molecule has 180 valence electrons. The average Bonchev–Trinajstić information content (AvgIpc) is 2.83.